The number of anilines is 1. The second kappa shape index (κ2) is 10.6. The molecule has 0 bridgehead atoms. The molecule has 0 radical (unpaired) electrons. The number of hydrogen-bond donors (Lipinski definition) is 3. The van der Waals surface area contributed by atoms with Gasteiger partial charge in [0.25, 0.3) is 5.91 Å². The van der Waals surface area contributed by atoms with Crippen molar-refractivity contribution < 1.29 is 23.9 Å². The SMILES string of the molecule is CC(C)(C)OC(=O)N1CCC(n2c(=O)n(CC(=O)Nc3ccc4c(c3)CCC3(C4)NC(=O)NC3=O)c3ccccc32)CC1. The van der Waals surface area contributed by atoms with Crippen molar-refractivity contribution in [2.24, 2.45) is 0 Å². The van der Waals surface area contributed by atoms with Gasteiger partial charge in [0.15, 0.2) is 0 Å². The van der Waals surface area contributed by atoms with E-state index in [1.807, 2.05) is 57.2 Å². The number of ether oxygens (including phenoxy) is 1. The van der Waals surface area contributed by atoms with E-state index in [0.717, 1.165) is 16.6 Å². The molecule has 0 saturated carbocycles. The number of aryl methyl sites for hydroxylation is 1. The minimum absolute atomic E-state index is 0.115. The third-order valence-corrected chi connectivity index (χ3v) is 8.47. The Balaban J connectivity index is 1.16. The van der Waals surface area contributed by atoms with Gasteiger partial charge in [-0.3, -0.25) is 24.0 Å². The first-order chi connectivity index (χ1) is 20.4. The molecule has 3 N–H and O–H groups in total. The lowest BCUT2D eigenvalue weighted by atomic mass is 9.78. The van der Waals surface area contributed by atoms with Crippen molar-refractivity contribution in [3.63, 3.8) is 0 Å². The smallest absolute Gasteiger partial charge is 0.410 e. The number of nitrogens with zero attached hydrogens (tertiary/aromatic N) is 3. The van der Waals surface area contributed by atoms with E-state index in [4.69, 9.17) is 4.74 Å². The quantitative estimate of drug-likeness (QED) is 0.400. The van der Waals surface area contributed by atoms with E-state index in [2.05, 4.69) is 16.0 Å². The normalized spacial score (nSPS) is 20.6. The average molecular weight is 589 g/mol. The number of aromatic nitrogens is 2. The number of amides is 5. The lowest BCUT2D eigenvalue weighted by molar-refractivity contribution is -0.124. The number of nitrogens with one attached hydrogen (secondary N) is 3. The molecule has 2 aromatic carbocycles. The zero-order chi connectivity index (χ0) is 30.5. The molecule has 2 saturated heterocycles. The van der Waals surface area contributed by atoms with Crippen LogP contribution < -0.4 is 21.6 Å². The molecule has 2 fully saturated rings. The number of piperidine rings is 1. The van der Waals surface area contributed by atoms with Crippen LogP contribution in [0.15, 0.2) is 47.3 Å². The van der Waals surface area contributed by atoms with E-state index >= 15 is 0 Å². The van der Waals surface area contributed by atoms with Crippen LogP contribution in [0.2, 0.25) is 0 Å². The van der Waals surface area contributed by atoms with E-state index in [9.17, 15) is 24.0 Å². The molecule has 1 aliphatic carbocycles. The van der Waals surface area contributed by atoms with Crippen molar-refractivity contribution in [2.75, 3.05) is 18.4 Å². The molecular weight excluding hydrogens is 552 g/mol. The lowest BCUT2D eigenvalue weighted by Crippen LogP contribution is -2.51. The molecule has 1 aromatic heterocycles. The van der Waals surface area contributed by atoms with Crippen LogP contribution in [-0.2, 0) is 33.7 Å². The standard InChI is InChI=1S/C31H36N6O6/c1-30(2,3)43-29(42)35-14-11-22(12-15-35)37-24-7-5-4-6-23(24)36(28(37)41)18-25(38)32-21-9-8-20-17-31(13-10-19(20)16-21)26(39)33-27(40)34-31/h4-9,16,22H,10-15,17-18H2,1-3H3,(H,32,38)(H2,33,34,39,40). The van der Waals surface area contributed by atoms with Crippen LogP contribution in [0, 0.1) is 0 Å². The van der Waals surface area contributed by atoms with Crippen molar-refractivity contribution in [3.05, 3.63) is 64.1 Å². The molecule has 3 aromatic rings. The van der Waals surface area contributed by atoms with Gasteiger partial charge in [-0.1, -0.05) is 18.2 Å². The first kappa shape index (κ1) is 28.5. The Bertz CT molecular complexity index is 1690. The van der Waals surface area contributed by atoms with Crippen molar-refractivity contribution in [1.29, 1.82) is 0 Å². The second-order valence-electron chi connectivity index (χ2n) is 12.6. The van der Waals surface area contributed by atoms with Crippen LogP contribution in [0.5, 0.6) is 0 Å². The molecule has 1 spiro atoms. The molecule has 5 amide bonds. The number of imidazole rings is 1. The first-order valence-corrected chi connectivity index (χ1v) is 14.7. The summed E-state index contributed by atoms with van der Waals surface area (Å²) in [6.45, 7) is 6.30. The minimum Gasteiger partial charge on any atom is -0.444 e. The van der Waals surface area contributed by atoms with Crippen LogP contribution in [-0.4, -0.2) is 62.2 Å². The highest BCUT2D eigenvalue weighted by molar-refractivity contribution is 6.07. The number of carbonyl (C=O) groups is 4. The number of urea groups is 1. The van der Waals surface area contributed by atoms with Crippen LogP contribution in [0.25, 0.3) is 11.0 Å². The van der Waals surface area contributed by atoms with Gasteiger partial charge in [0.2, 0.25) is 5.91 Å². The molecule has 12 nitrogen and oxygen atoms in total. The van der Waals surface area contributed by atoms with E-state index < -0.39 is 17.2 Å². The van der Waals surface area contributed by atoms with Gasteiger partial charge in [-0.15, -0.1) is 0 Å². The molecule has 6 rings (SSSR count). The number of carbonyl (C=O) groups excluding carboxylic acids is 4. The highest BCUT2D eigenvalue weighted by Crippen LogP contribution is 2.33. The predicted molar refractivity (Wildman–Crippen MR) is 159 cm³/mol. The monoisotopic (exact) mass is 588 g/mol. The summed E-state index contributed by atoms with van der Waals surface area (Å²) >= 11 is 0. The summed E-state index contributed by atoms with van der Waals surface area (Å²) in [6.07, 6.45) is 2.28. The topological polar surface area (TPSA) is 144 Å². The van der Waals surface area contributed by atoms with E-state index in [0.29, 0.717) is 56.4 Å². The lowest BCUT2D eigenvalue weighted by Gasteiger charge is -2.33. The Morgan fingerprint density at radius 2 is 1.74 bits per heavy atom. The molecule has 3 heterocycles. The van der Waals surface area contributed by atoms with Gasteiger partial charge in [-0.25, -0.2) is 14.4 Å². The molecule has 43 heavy (non-hydrogen) atoms. The molecule has 226 valence electrons. The Labute approximate surface area is 248 Å². The van der Waals surface area contributed by atoms with Gasteiger partial charge >= 0.3 is 17.8 Å². The summed E-state index contributed by atoms with van der Waals surface area (Å²) in [4.78, 5) is 65.2. The maximum atomic E-state index is 13.7. The van der Waals surface area contributed by atoms with Crippen molar-refractivity contribution in [2.45, 2.75) is 76.6 Å². The van der Waals surface area contributed by atoms with Crippen LogP contribution in [0.4, 0.5) is 15.3 Å². The van der Waals surface area contributed by atoms with Crippen molar-refractivity contribution >= 4 is 40.7 Å². The van der Waals surface area contributed by atoms with Crippen molar-refractivity contribution in [3.8, 4) is 0 Å². The van der Waals surface area contributed by atoms with Crippen LogP contribution in [0.1, 0.15) is 57.2 Å². The molecule has 3 aliphatic rings. The molecule has 1 unspecified atom stereocenters. The highest BCUT2D eigenvalue weighted by atomic mass is 16.6. The van der Waals surface area contributed by atoms with Gasteiger partial charge < -0.3 is 20.3 Å². The summed E-state index contributed by atoms with van der Waals surface area (Å²) in [6, 6.07) is 12.4. The van der Waals surface area contributed by atoms with Gasteiger partial charge in [0, 0.05) is 31.2 Å². The van der Waals surface area contributed by atoms with Crippen molar-refractivity contribution in [1.82, 2.24) is 24.7 Å². The highest BCUT2D eigenvalue weighted by Gasteiger charge is 2.47. The Hall–Kier alpha value is -4.61. The zero-order valence-corrected chi connectivity index (χ0v) is 24.6. The van der Waals surface area contributed by atoms with Gasteiger partial charge in [-0.2, -0.15) is 0 Å². The van der Waals surface area contributed by atoms with E-state index in [1.54, 1.807) is 15.5 Å². The van der Waals surface area contributed by atoms with E-state index in [-0.39, 0.29) is 36.2 Å². The largest absolute Gasteiger partial charge is 0.444 e. The van der Waals surface area contributed by atoms with Crippen LogP contribution >= 0.6 is 0 Å². The predicted octanol–water partition coefficient (Wildman–Crippen LogP) is 3.08. The number of para-hydroxylation sites is 2. The number of likely N-dealkylation sites (tertiary alicyclic amines) is 1. The van der Waals surface area contributed by atoms with Gasteiger partial charge in [0.05, 0.1) is 11.0 Å². The summed E-state index contributed by atoms with van der Waals surface area (Å²) in [5, 5.41) is 8.01. The zero-order valence-electron chi connectivity index (χ0n) is 24.6. The number of fused-ring (bicyclic) bond motifs is 2. The maximum absolute atomic E-state index is 13.7. The Morgan fingerprint density at radius 3 is 2.42 bits per heavy atom. The first-order valence-electron chi connectivity index (χ1n) is 14.7. The van der Waals surface area contributed by atoms with Crippen LogP contribution in [0.3, 0.4) is 0 Å². The fourth-order valence-corrected chi connectivity index (χ4v) is 6.41. The summed E-state index contributed by atoms with van der Waals surface area (Å²) in [5.74, 6) is -0.641. The minimum atomic E-state index is -0.920. The second-order valence-corrected chi connectivity index (χ2v) is 12.6. The Kier molecular flexibility index (Phi) is 7.02. The van der Waals surface area contributed by atoms with E-state index in [1.165, 1.54) is 4.57 Å². The molecule has 12 heteroatoms. The summed E-state index contributed by atoms with van der Waals surface area (Å²) < 4.78 is 8.75. The molecule has 1 atom stereocenters. The van der Waals surface area contributed by atoms with Gasteiger partial charge in [-0.05, 0) is 81.8 Å². The third kappa shape index (κ3) is 5.49. The fraction of sp³-hybridized carbons (Fsp3) is 0.452. The number of rotatable bonds is 4. The maximum Gasteiger partial charge on any atom is 0.410 e. The summed E-state index contributed by atoms with van der Waals surface area (Å²) in [7, 11) is 0. The number of hydrogen-bond acceptors (Lipinski definition) is 6. The number of benzene rings is 2. The summed E-state index contributed by atoms with van der Waals surface area (Å²) in [5.41, 5.74) is 2.21. The number of imide groups is 1. The average Bonchev–Trinajstić information content (AvgIpc) is 3.38. The van der Waals surface area contributed by atoms with Gasteiger partial charge in [0.1, 0.15) is 17.7 Å². The molecule has 2 aliphatic heterocycles. The Morgan fingerprint density at radius 1 is 1.02 bits per heavy atom. The molecular formula is C31H36N6O6. The third-order valence-electron chi connectivity index (χ3n) is 8.47. The fourth-order valence-electron chi connectivity index (χ4n) is 6.41.